The number of aliphatic hydroxyl groups excluding tert-OH is 3. The van der Waals surface area contributed by atoms with Crippen molar-refractivity contribution in [1.82, 2.24) is 0 Å². The van der Waals surface area contributed by atoms with Gasteiger partial charge in [-0.05, 0) is 5.56 Å². The summed E-state index contributed by atoms with van der Waals surface area (Å²) in [5.74, 6) is -1.00. The number of ether oxygens (including phenoxy) is 2. The van der Waals surface area contributed by atoms with Crippen molar-refractivity contribution in [1.29, 1.82) is 0 Å². The normalized spacial score (nSPS) is 33.7. The Hall–Kier alpha value is -1.54. The molecular formula is C13H15FO6. The average Bonchev–Trinajstić information content (AvgIpc) is 2.47. The smallest absolute Gasteiger partial charge is 0.338 e. The van der Waals surface area contributed by atoms with Crippen LogP contribution in [0, 0.1) is 0 Å². The molecule has 7 heteroatoms. The lowest BCUT2D eigenvalue weighted by Gasteiger charge is -2.35. The van der Waals surface area contributed by atoms with Gasteiger partial charge in [-0.1, -0.05) is 30.3 Å². The van der Waals surface area contributed by atoms with Crippen molar-refractivity contribution in [2.24, 2.45) is 0 Å². The average molecular weight is 286 g/mol. The molecule has 1 aromatic rings. The van der Waals surface area contributed by atoms with Gasteiger partial charge in [0, 0.05) is 0 Å². The highest BCUT2D eigenvalue weighted by atomic mass is 19.1. The van der Waals surface area contributed by atoms with Gasteiger partial charge in [0.25, 0.3) is 0 Å². The van der Waals surface area contributed by atoms with E-state index in [1.165, 1.54) is 0 Å². The summed E-state index contributed by atoms with van der Waals surface area (Å²) in [6, 6.07) is 8.76. The summed E-state index contributed by atoms with van der Waals surface area (Å²) in [6.45, 7) is -0.0676. The van der Waals surface area contributed by atoms with Gasteiger partial charge in [-0.3, -0.25) is 0 Å². The summed E-state index contributed by atoms with van der Waals surface area (Å²) < 4.78 is 22.6. The maximum absolute atomic E-state index is 13.2. The van der Waals surface area contributed by atoms with Crippen molar-refractivity contribution in [2.75, 3.05) is 0 Å². The summed E-state index contributed by atoms with van der Waals surface area (Å²) in [6.07, 6.45) is -9.40. The van der Waals surface area contributed by atoms with E-state index in [0.29, 0.717) is 5.56 Å². The van der Waals surface area contributed by atoms with Gasteiger partial charge in [0.1, 0.15) is 24.9 Å². The second-order valence-corrected chi connectivity index (χ2v) is 4.47. The van der Waals surface area contributed by atoms with Crippen LogP contribution in [0.5, 0.6) is 0 Å². The third-order valence-electron chi connectivity index (χ3n) is 3.01. The molecule has 6 nitrogen and oxygen atoms in total. The third kappa shape index (κ3) is 3.13. The molecule has 5 atom stereocenters. The Labute approximate surface area is 114 Å². The molecule has 1 heterocycles. The predicted molar refractivity (Wildman–Crippen MR) is 64.0 cm³/mol. The highest BCUT2D eigenvalue weighted by molar-refractivity contribution is 5.75. The summed E-state index contributed by atoms with van der Waals surface area (Å²) in [5.41, 5.74) is 0.712. The van der Waals surface area contributed by atoms with Crippen molar-refractivity contribution in [3.05, 3.63) is 35.9 Å². The van der Waals surface area contributed by atoms with Crippen LogP contribution in [0.4, 0.5) is 4.39 Å². The fraction of sp³-hybridized carbons (Fsp3) is 0.462. The number of aliphatic hydroxyl groups is 3. The molecular weight excluding hydrogens is 271 g/mol. The number of rotatable bonds is 3. The lowest BCUT2D eigenvalue weighted by molar-refractivity contribution is -0.259. The first-order valence-corrected chi connectivity index (χ1v) is 6.05. The number of carbonyl (C=O) groups is 1. The number of hydrogen-bond acceptors (Lipinski definition) is 6. The first-order valence-electron chi connectivity index (χ1n) is 6.05. The molecule has 110 valence electrons. The second-order valence-electron chi connectivity index (χ2n) is 4.47. The van der Waals surface area contributed by atoms with Gasteiger partial charge < -0.3 is 24.8 Å². The Morgan fingerprint density at radius 3 is 2.45 bits per heavy atom. The quantitative estimate of drug-likeness (QED) is 0.649. The highest BCUT2D eigenvalue weighted by Gasteiger charge is 2.47. The van der Waals surface area contributed by atoms with Crippen molar-refractivity contribution in [3.8, 4) is 0 Å². The van der Waals surface area contributed by atoms with E-state index in [1.54, 1.807) is 30.3 Å². The Bertz CT molecular complexity index is 453. The zero-order chi connectivity index (χ0) is 14.7. The lowest BCUT2D eigenvalue weighted by Crippen LogP contribution is -2.58. The van der Waals surface area contributed by atoms with E-state index in [0.717, 1.165) is 0 Å². The van der Waals surface area contributed by atoms with Crippen LogP contribution in [-0.2, 0) is 20.9 Å². The molecule has 0 spiro atoms. The zero-order valence-electron chi connectivity index (χ0n) is 10.4. The van der Waals surface area contributed by atoms with E-state index in [4.69, 9.17) is 9.84 Å². The predicted octanol–water partition coefficient (Wildman–Crippen LogP) is -0.493. The molecule has 0 bridgehead atoms. The van der Waals surface area contributed by atoms with Crippen LogP contribution < -0.4 is 0 Å². The van der Waals surface area contributed by atoms with Crippen LogP contribution in [0.2, 0.25) is 0 Å². The summed E-state index contributed by atoms with van der Waals surface area (Å²) in [4.78, 5) is 11.7. The molecule has 0 unspecified atom stereocenters. The fourth-order valence-electron chi connectivity index (χ4n) is 1.84. The summed E-state index contributed by atoms with van der Waals surface area (Å²) in [7, 11) is 0. The molecule has 1 fully saturated rings. The molecule has 2 rings (SSSR count). The molecule has 0 saturated carbocycles. The summed E-state index contributed by atoms with van der Waals surface area (Å²) in [5, 5.41) is 28.1. The van der Waals surface area contributed by atoms with Gasteiger partial charge in [-0.15, -0.1) is 0 Å². The Morgan fingerprint density at radius 1 is 1.15 bits per heavy atom. The maximum atomic E-state index is 13.2. The minimum absolute atomic E-state index is 0.0676. The fourth-order valence-corrected chi connectivity index (χ4v) is 1.84. The molecule has 0 aromatic heterocycles. The monoisotopic (exact) mass is 286 g/mol. The molecule has 1 aliphatic heterocycles. The van der Waals surface area contributed by atoms with Gasteiger partial charge in [0.2, 0.25) is 6.36 Å². The van der Waals surface area contributed by atoms with Crippen LogP contribution >= 0.6 is 0 Å². The van der Waals surface area contributed by atoms with Gasteiger partial charge in [0.15, 0.2) is 6.10 Å². The number of carbonyl (C=O) groups excluding carboxylic acids is 1. The molecule has 20 heavy (non-hydrogen) atoms. The van der Waals surface area contributed by atoms with Crippen LogP contribution in [0.25, 0.3) is 0 Å². The van der Waals surface area contributed by atoms with Gasteiger partial charge in [-0.2, -0.15) is 0 Å². The van der Waals surface area contributed by atoms with E-state index < -0.39 is 36.7 Å². The summed E-state index contributed by atoms with van der Waals surface area (Å²) >= 11 is 0. The van der Waals surface area contributed by atoms with E-state index >= 15 is 0 Å². The Balaban J connectivity index is 1.95. The molecule has 0 amide bonds. The van der Waals surface area contributed by atoms with Crippen molar-refractivity contribution in [2.45, 2.75) is 37.4 Å². The lowest BCUT2D eigenvalue weighted by atomic mass is 9.99. The number of hydrogen-bond donors (Lipinski definition) is 3. The molecule has 1 aromatic carbocycles. The minimum atomic E-state index is -2.26. The zero-order valence-corrected chi connectivity index (χ0v) is 10.4. The van der Waals surface area contributed by atoms with Gasteiger partial charge in [0.05, 0.1) is 0 Å². The molecule has 3 N–H and O–H groups in total. The minimum Gasteiger partial charge on any atom is -0.459 e. The maximum Gasteiger partial charge on any atom is 0.338 e. The topological polar surface area (TPSA) is 96.2 Å². The number of esters is 1. The standard InChI is InChI=1S/C13H15FO6/c14-12-10(17)8(15)9(16)11(20-12)13(18)19-6-7-4-2-1-3-5-7/h1-5,8-12,15-17H,6H2/t8-,9-,10+,11-,12-/m0/s1. The van der Waals surface area contributed by atoms with E-state index in [9.17, 15) is 19.4 Å². The van der Waals surface area contributed by atoms with Gasteiger partial charge in [-0.25, -0.2) is 9.18 Å². The second kappa shape index (κ2) is 6.27. The van der Waals surface area contributed by atoms with Crippen molar-refractivity contribution < 1.29 is 34.0 Å². The number of halogens is 1. The van der Waals surface area contributed by atoms with E-state index in [-0.39, 0.29) is 6.61 Å². The van der Waals surface area contributed by atoms with Crippen LogP contribution in [0.3, 0.4) is 0 Å². The van der Waals surface area contributed by atoms with Crippen LogP contribution in [-0.4, -0.2) is 52.1 Å². The largest absolute Gasteiger partial charge is 0.459 e. The molecule has 1 aliphatic rings. The van der Waals surface area contributed by atoms with Crippen LogP contribution in [0.15, 0.2) is 30.3 Å². The Morgan fingerprint density at radius 2 is 1.80 bits per heavy atom. The Kier molecular flexibility index (Phi) is 4.66. The first-order chi connectivity index (χ1) is 9.50. The number of alkyl halides is 1. The van der Waals surface area contributed by atoms with E-state index in [1.807, 2.05) is 0 Å². The molecule has 1 saturated heterocycles. The molecule has 0 aliphatic carbocycles. The third-order valence-corrected chi connectivity index (χ3v) is 3.01. The SMILES string of the molecule is O=C(OCc1ccccc1)[C@H]1O[C@H](F)[C@H](O)[C@@H](O)[C@@H]1O. The van der Waals surface area contributed by atoms with Crippen LogP contribution in [0.1, 0.15) is 5.56 Å². The molecule has 0 radical (unpaired) electrons. The first kappa shape index (κ1) is 14.9. The van der Waals surface area contributed by atoms with Crippen molar-refractivity contribution in [3.63, 3.8) is 0 Å². The highest BCUT2D eigenvalue weighted by Crippen LogP contribution is 2.23. The number of benzene rings is 1. The van der Waals surface area contributed by atoms with Crippen molar-refractivity contribution >= 4 is 5.97 Å². The van der Waals surface area contributed by atoms with Gasteiger partial charge >= 0.3 is 5.97 Å². The van der Waals surface area contributed by atoms with E-state index in [2.05, 4.69) is 4.74 Å².